The van der Waals surface area contributed by atoms with Gasteiger partial charge in [-0.2, -0.15) is 0 Å². The molecule has 1 N–H and O–H groups in total. The van der Waals surface area contributed by atoms with Gasteiger partial charge in [-0.15, -0.1) is 0 Å². The number of nitrogens with zero attached hydrogens (tertiary/aromatic N) is 3. The van der Waals surface area contributed by atoms with Crippen LogP contribution >= 0.6 is 0 Å². The Morgan fingerprint density at radius 3 is 2.83 bits per heavy atom. The summed E-state index contributed by atoms with van der Waals surface area (Å²) < 4.78 is 5.17. The average Bonchev–Trinajstić information content (AvgIpc) is 2.59. The Labute approximate surface area is 138 Å². The first-order chi connectivity index (χ1) is 11.5. The first-order valence-corrected chi connectivity index (χ1v) is 7.35. The van der Waals surface area contributed by atoms with E-state index in [9.17, 15) is 9.59 Å². The molecule has 0 radical (unpaired) electrons. The smallest absolute Gasteiger partial charge is 0.349 e. The van der Waals surface area contributed by atoms with E-state index in [2.05, 4.69) is 15.3 Å². The summed E-state index contributed by atoms with van der Waals surface area (Å²) in [5, 5.41) is 3.37. The maximum atomic E-state index is 12.3. The van der Waals surface area contributed by atoms with Crippen LogP contribution in [-0.4, -0.2) is 30.0 Å². The minimum atomic E-state index is -0.664. The average molecular weight is 324 g/mol. The molecule has 1 amide bonds. The predicted molar refractivity (Wildman–Crippen MR) is 90.0 cm³/mol. The molecule has 0 aliphatic carbocycles. The van der Waals surface area contributed by atoms with E-state index in [0.717, 1.165) is 0 Å². The van der Waals surface area contributed by atoms with Gasteiger partial charge in [0, 0.05) is 25.7 Å². The lowest BCUT2D eigenvalue weighted by Gasteiger charge is -2.11. The first kappa shape index (κ1) is 15.7. The number of amides is 1. The Kier molecular flexibility index (Phi) is 4.24. The van der Waals surface area contributed by atoms with Crippen molar-refractivity contribution in [1.29, 1.82) is 0 Å². The van der Waals surface area contributed by atoms with E-state index in [1.807, 2.05) is 20.2 Å². The van der Waals surface area contributed by atoms with Crippen LogP contribution in [0.15, 0.2) is 51.8 Å². The molecule has 0 unspecified atom stereocenters. The molecular weight excluding hydrogens is 308 g/mol. The number of benzene rings is 1. The van der Waals surface area contributed by atoms with E-state index in [0.29, 0.717) is 22.6 Å². The highest BCUT2D eigenvalue weighted by atomic mass is 16.4. The highest BCUT2D eigenvalue weighted by Gasteiger charge is 2.13. The fraction of sp³-hybridized carbons (Fsp3) is 0.176. The van der Waals surface area contributed by atoms with Gasteiger partial charge in [0.2, 0.25) is 5.95 Å². The van der Waals surface area contributed by atoms with Gasteiger partial charge in [0.1, 0.15) is 11.1 Å². The number of rotatable bonds is 4. The molecule has 7 heteroatoms. The summed E-state index contributed by atoms with van der Waals surface area (Å²) in [5.74, 6) is 0.0477. The lowest BCUT2D eigenvalue weighted by Crippen LogP contribution is -2.28. The topological polar surface area (TPSA) is 88.3 Å². The summed E-state index contributed by atoms with van der Waals surface area (Å²) in [4.78, 5) is 34.4. The highest BCUT2D eigenvalue weighted by molar-refractivity contribution is 5.96. The molecule has 0 bridgehead atoms. The van der Waals surface area contributed by atoms with Crippen LogP contribution in [0.2, 0.25) is 0 Å². The van der Waals surface area contributed by atoms with E-state index in [1.54, 1.807) is 35.4 Å². The van der Waals surface area contributed by atoms with Gasteiger partial charge in [0.25, 0.3) is 5.91 Å². The van der Waals surface area contributed by atoms with Crippen LogP contribution in [0.1, 0.15) is 16.1 Å². The van der Waals surface area contributed by atoms with E-state index in [1.165, 1.54) is 6.07 Å². The van der Waals surface area contributed by atoms with Crippen LogP contribution in [-0.2, 0) is 6.54 Å². The summed E-state index contributed by atoms with van der Waals surface area (Å²) in [6.07, 6.45) is 1.62. The zero-order valence-electron chi connectivity index (χ0n) is 13.3. The summed E-state index contributed by atoms with van der Waals surface area (Å²) in [7, 11) is 3.66. The molecule has 7 nitrogen and oxygen atoms in total. The van der Waals surface area contributed by atoms with Crippen molar-refractivity contribution in [3.63, 3.8) is 0 Å². The Balaban J connectivity index is 1.79. The lowest BCUT2D eigenvalue weighted by molar-refractivity contribution is 0.0947. The maximum absolute atomic E-state index is 12.3. The number of hydrogen-bond acceptors (Lipinski definition) is 6. The fourth-order valence-corrected chi connectivity index (χ4v) is 2.18. The van der Waals surface area contributed by atoms with Crippen LogP contribution in [0.3, 0.4) is 0 Å². The second-order valence-electron chi connectivity index (χ2n) is 5.41. The van der Waals surface area contributed by atoms with Crippen molar-refractivity contribution in [3.05, 3.63) is 64.3 Å². The Hall–Kier alpha value is -3.22. The number of anilines is 1. The highest BCUT2D eigenvalue weighted by Crippen LogP contribution is 2.12. The fourth-order valence-electron chi connectivity index (χ4n) is 2.18. The van der Waals surface area contributed by atoms with Crippen LogP contribution < -0.4 is 15.8 Å². The van der Waals surface area contributed by atoms with Crippen LogP contribution in [0.4, 0.5) is 5.95 Å². The predicted octanol–water partition coefficient (Wildman–Crippen LogP) is 1.58. The first-order valence-electron chi connectivity index (χ1n) is 7.35. The van der Waals surface area contributed by atoms with Crippen molar-refractivity contribution >= 4 is 22.8 Å². The van der Waals surface area contributed by atoms with E-state index < -0.39 is 11.5 Å². The van der Waals surface area contributed by atoms with Crippen molar-refractivity contribution in [2.24, 2.45) is 0 Å². The van der Waals surface area contributed by atoms with Crippen LogP contribution in [0.5, 0.6) is 0 Å². The molecule has 0 fully saturated rings. The van der Waals surface area contributed by atoms with Gasteiger partial charge >= 0.3 is 5.63 Å². The van der Waals surface area contributed by atoms with Crippen LogP contribution in [0.25, 0.3) is 11.0 Å². The Bertz CT molecular complexity index is 950. The van der Waals surface area contributed by atoms with Crippen molar-refractivity contribution in [2.75, 3.05) is 19.0 Å². The molecule has 0 saturated heterocycles. The van der Waals surface area contributed by atoms with Gasteiger partial charge < -0.3 is 14.6 Å². The number of fused-ring (bicyclic) bond motifs is 1. The minimum absolute atomic E-state index is 0.0319. The zero-order valence-corrected chi connectivity index (χ0v) is 13.3. The van der Waals surface area contributed by atoms with Crippen molar-refractivity contribution in [1.82, 2.24) is 15.3 Å². The number of aromatic nitrogens is 2. The van der Waals surface area contributed by atoms with Gasteiger partial charge in [-0.1, -0.05) is 18.2 Å². The van der Waals surface area contributed by atoms with Gasteiger partial charge in [0.05, 0.1) is 12.2 Å². The molecule has 0 atom stereocenters. The lowest BCUT2D eigenvalue weighted by atomic mass is 10.2. The van der Waals surface area contributed by atoms with E-state index in [-0.39, 0.29) is 12.1 Å². The molecule has 0 aliphatic rings. The second-order valence-corrected chi connectivity index (χ2v) is 5.41. The van der Waals surface area contributed by atoms with Crippen LogP contribution in [0, 0.1) is 0 Å². The summed E-state index contributed by atoms with van der Waals surface area (Å²) in [6, 6.07) is 10.3. The molecule has 1 aromatic carbocycles. The Morgan fingerprint density at radius 2 is 2.04 bits per heavy atom. The molecule has 24 heavy (non-hydrogen) atoms. The Morgan fingerprint density at radius 1 is 1.25 bits per heavy atom. The molecule has 122 valence electrons. The summed E-state index contributed by atoms with van der Waals surface area (Å²) in [6.45, 7) is 0.189. The number of para-hydroxylation sites is 1. The van der Waals surface area contributed by atoms with E-state index >= 15 is 0 Å². The van der Waals surface area contributed by atoms with Gasteiger partial charge in [-0.05, 0) is 18.2 Å². The second kappa shape index (κ2) is 6.49. The van der Waals surface area contributed by atoms with Gasteiger partial charge in [0.15, 0.2) is 0 Å². The van der Waals surface area contributed by atoms with Crippen molar-refractivity contribution in [3.8, 4) is 0 Å². The third-order valence-electron chi connectivity index (χ3n) is 3.42. The number of carbonyl (C=O) groups excluding carboxylic acids is 1. The van der Waals surface area contributed by atoms with Gasteiger partial charge in [-0.25, -0.2) is 14.8 Å². The molecule has 2 aromatic heterocycles. The van der Waals surface area contributed by atoms with E-state index in [4.69, 9.17) is 4.42 Å². The normalized spacial score (nSPS) is 10.6. The number of nitrogens with one attached hydrogen (secondary N) is 1. The molecule has 2 heterocycles. The third kappa shape index (κ3) is 3.24. The van der Waals surface area contributed by atoms with Gasteiger partial charge in [-0.3, -0.25) is 4.79 Å². The molecule has 3 rings (SSSR count). The molecular formula is C17H16N4O3. The molecule has 3 aromatic rings. The number of carbonyl (C=O) groups is 1. The molecule has 0 saturated carbocycles. The standard InChI is InChI=1S/C17H16N4O3/c1-21(2)17-18-8-7-12(20-17)10-19-15(22)13-9-11-5-3-4-6-14(11)24-16(13)23/h3-9H,10H2,1-2H3,(H,19,22). The molecule has 0 spiro atoms. The zero-order chi connectivity index (χ0) is 17.1. The summed E-state index contributed by atoms with van der Waals surface area (Å²) in [5.41, 5.74) is 0.399. The molecule has 0 aliphatic heterocycles. The largest absolute Gasteiger partial charge is 0.422 e. The minimum Gasteiger partial charge on any atom is -0.422 e. The SMILES string of the molecule is CN(C)c1nccc(CNC(=O)c2cc3ccccc3oc2=O)n1. The van der Waals surface area contributed by atoms with Crippen molar-refractivity contribution in [2.45, 2.75) is 6.54 Å². The third-order valence-corrected chi connectivity index (χ3v) is 3.42. The quantitative estimate of drug-likeness (QED) is 0.733. The van der Waals surface area contributed by atoms with Crippen molar-refractivity contribution < 1.29 is 9.21 Å². The number of hydrogen-bond donors (Lipinski definition) is 1. The monoisotopic (exact) mass is 324 g/mol. The summed E-state index contributed by atoms with van der Waals surface area (Å²) >= 11 is 0. The maximum Gasteiger partial charge on any atom is 0.349 e.